The normalized spacial score (nSPS) is 24.1. The molecule has 4 rings (SSSR count). The van der Waals surface area contributed by atoms with Crippen molar-refractivity contribution in [3.05, 3.63) is 52.2 Å². The van der Waals surface area contributed by atoms with Gasteiger partial charge in [-0.15, -0.1) is 0 Å². The summed E-state index contributed by atoms with van der Waals surface area (Å²) in [6.07, 6.45) is -3.45. The standard InChI is InChI=1S/C22H22O8/c1-10-21(27)15(26)9-18(29-10)20-17(28-2)8-14(25)19-13(24)7-16(30-22(19)20)11-3-5-12(23)6-4-11/h3-8,10,15,18,21,23,25-27H,9H2,1-2H3/t10-,15+,18+,21+/m0/s1. The molecule has 2 heterocycles. The Balaban J connectivity index is 1.97. The molecule has 2 aromatic carbocycles. The molecule has 0 saturated carbocycles. The first-order valence-electron chi connectivity index (χ1n) is 9.49. The molecular formula is C22H22O8. The number of methoxy groups -OCH3 is 1. The molecule has 158 valence electrons. The number of fused-ring (bicyclic) bond motifs is 1. The van der Waals surface area contributed by atoms with Crippen LogP contribution in [0.1, 0.15) is 25.0 Å². The summed E-state index contributed by atoms with van der Waals surface area (Å²) in [5, 5.41) is 40.2. The highest BCUT2D eigenvalue weighted by molar-refractivity contribution is 5.89. The van der Waals surface area contributed by atoms with Crippen molar-refractivity contribution in [2.45, 2.75) is 37.8 Å². The minimum Gasteiger partial charge on any atom is -0.508 e. The Morgan fingerprint density at radius 2 is 1.80 bits per heavy atom. The number of aliphatic hydroxyl groups is 2. The van der Waals surface area contributed by atoms with Crippen molar-refractivity contribution in [2.75, 3.05) is 7.11 Å². The summed E-state index contributed by atoms with van der Waals surface area (Å²) in [5.41, 5.74) is 0.516. The van der Waals surface area contributed by atoms with Crippen LogP contribution in [0.15, 0.2) is 45.6 Å². The first-order valence-corrected chi connectivity index (χ1v) is 9.49. The Hall–Kier alpha value is -3.07. The fraction of sp³-hybridized carbons (Fsp3) is 0.318. The van der Waals surface area contributed by atoms with E-state index in [2.05, 4.69) is 0 Å². The van der Waals surface area contributed by atoms with Crippen LogP contribution >= 0.6 is 0 Å². The zero-order chi connectivity index (χ0) is 21.6. The second-order valence-corrected chi connectivity index (χ2v) is 7.36. The van der Waals surface area contributed by atoms with E-state index in [1.165, 1.54) is 31.4 Å². The minimum atomic E-state index is -1.05. The van der Waals surface area contributed by atoms with Crippen LogP contribution in [0.5, 0.6) is 17.2 Å². The Labute approximate surface area is 171 Å². The zero-order valence-corrected chi connectivity index (χ0v) is 16.4. The summed E-state index contributed by atoms with van der Waals surface area (Å²) in [6.45, 7) is 1.63. The Kier molecular flexibility index (Phi) is 5.15. The van der Waals surface area contributed by atoms with Gasteiger partial charge in [0.15, 0.2) is 11.0 Å². The highest BCUT2D eigenvalue weighted by Crippen LogP contribution is 2.43. The van der Waals surface area contributed by atoms with Crippen molar-refractivity contribution in [1.29, 1.82) is 0 Å². The van der Waals surface area contributed by atoms with Crippen molar-refractivity contribution in [1.82, 2.24) is 0 Å². The molecule has 0 bridgehead atoms. The van der Waals surface area contributed by atoms with Crippen molar-refractivity contribution in [3.63, 3.8) is 0 Å². The van der Waals surface area contributed by atoms with E-state index in [0.29, 0.717) is 11.1 Å². The Morgan fingerprint density at radius 1 is 1.10 bits per heavy atom. The number of rotatable bonds is 3. The maximum absolute atomic E-state index is 12.8. The Bertz CT molecular complexity index is 1120. The summed E-state index contributed by atoms with van der Waals surface area (Å²) in [4.78, 5) is 12.8. The van der Waals surface area contributed by atoms with Gasteiger partial charge in [0.25, 0.3) is 0 Å². The third-order valence-corrected chi connectivity index (χ3v) is 5.39. The fourth-order valence-electron chi connectivity index (χ4n) is 3.81. The summed E-state index contributed by atoms with van der Waals surface area (Å²) >= 11 is 0. The number of aliphatic hydroxyl groups excluding tert-OH is 2. The monoisotopic (exact) mass is 414 g/mol. The van der Waals surface area contributed by atoms with Crippen molar-refractivity contribution < 1.29 is 34.3 Å². The molecule has 0 aliphatic carbocycles. The highest BCUT2D eigenvalue weighted by atomic mass is 16.5. The van der Waals surface area contributed by atoms with Crippen molar-refractivity contribution in [2.24, 2.45) is 0 Å². The second-order valence-electron chi connectivity index (χ2n) is 7.36. The van der Waals surface area contributed by atoms with Gasteiger partial charge in [0.1, 0.15) is 34.5 Å². The molecular weight excluding hydrogens is 392 g/mol. The van der Waals surface area contributed by atoms with Crippen LogP contribution in [0.25, 0.3) is 22.3 Å². The van der Waals surface area contributed by atoms with E-state index in [9.17, 15) is 25.2 Å². The number of aromatic hydroxyl groups is 2. The predicted molar refractivity (Wildman–Crippen MR) is 108 cm³/mol. The van der Waals surface area contributed by atoms with Crippen LogP contribution in [0.3, 0.4) is 0 Å². The van der Waals surface area contributed by atoms with Crippen LogP contribution in [-0.4, -0.2) is 45.8 Å². The molecule has 0 unspecified atom stereocenters. The van der Waals surface area contributed by atoms with E-state index in [-0.39, 0.29) is 40.4 Å². The van der Waals surface area contributed by atoms with Crippen LogP contribution in [-0.2, 0) is 4.74 Å². The molecule has 30 heavy (non-hydrogen) atoms. The third-order valence-electron chi connectivity index (χ3n) is 5.39. The topological polar surface area (TPSA) is 130 Å². The summed E-state index contributed by atoms with van der Waals surface area (Å²) in [7, 11) is 1.41. The molecule has 0 amide bonds. The van der Waals surface area contributed by atoms with Crippen LogP contribution in [0, 0.1) is 0 Å². The van der Waals surface area contributed by atoms with E-state index in [1.807, 2.05) is 0 Å². The summed E-state index contributed by atoms with van der Waals surface area (Å²) in [5.74, 6) is 0.220. The third kappa shape index (κ3) is 3.39. The molecule has 0 spiro atoms. The van der Waals surface area contributed by atoms with E-state index in [1.54, 1.807) is 19.1 Å². The SMILES string of the molecule is COc1cc(O)c2c(=O)cc(-c3ccc(O)cc3)oc2c1[C@H]1C[C@@H](O)[C@H](O)[C@H](C)O1. The molecule has 1 aliphatic heterocycles. The van der Waals surface area contributed by atoms with Gasteiger partial charge in [0.05, 0.1) is 31.0 Å². The largest absolute Gasteiger partial charge is 0.508 e. The lowest BCUT2D eigenvalue weighted by molar-refractivity contribution is -0.163. The molecule has 0 radical (unpaired) electrons. The minimum absolute atomic E-state index is 0.0369. The molecule has 1 saturated heterocycles. The van der Waals surface area contributed by atoms with Gasteiger partial charge in [-0.1, -0.05) is 0 Å². The second kappa shape index (κ2) is 7.64. The smallest absolute Gasteiger partial charge is 0.197 e. The number of benzene rings is 2. The first kappa shape index (κ1) is 20.2. The van der Waals surface area contributed by atoms with Crippen LogP contribution in [0.4, 0.5) is 0 Å². The summed E-state index contributed by atoms with van der Waals surface area (Å²) in [6, 6.07) is 8.69. The van der Waals surface area contributed by atoms with E-state index in [0.717, 1.165) is 0 Å². The van der Waals surface area contributed by atoms with E-state index >= 15 is 0 Å². The van der Waals surface area contributed by atoms with Crippen LogP contribution in [0.2, 0.25) is 0 Å². The average Bonchev–Trinajstić information content (AvgIpc) is 2.71. The number of hydrogen-bond donors (Lipinski definition) is 4. The quantitative estimate of drug-likeness (QED) is 0.514. The average molecular weight is 414 g/mol. The van der Waals surface area contributed by atoms with Crippen LogP contribution < -0.4 is 10.2 Å². The van der Waals surface area contributed by atoms with Gasteiger partial charge >= 0.3 is 0 Å². The van der Waals surface area contributed by atoms with Crippen molar-refractivity contribution in [3.8, 4) is 28.6 Å². The maximum atomic E-state index is 12.8. The molecule has 1 aromatic heterocycles. The van der Waals surface area contributed by atoms with Gasteiger partial charge in [0, 0.05) is 24.1 Å². The zero-order valence-electron chi connectivity index (χ0n) is 16.4. The fourth-order valence-corrected chi connectivity index (χ4v) is 3.81. The van der Waals surface area contributed by atoms with Gasteiger partial charge in [0.2, 0.25) is 0 Å². The lowest BCUT2D eigenvalue weighted by Crippen LogP contribution is -2.44. The first-order chi connectivity index (χ1) is 14.3. The molecule has 8 nitrogen and oxygen atoms in total. The van der Waals surface area contributed by atoms with Gasteiger partial charge in [-0.05, 0) is 31.2 Å². The molecule has 3 aromatic rings. The van der Waals surface area contributed by atoms with Gasteiger partial charge in [-0.25, -0.2) is 0 Å². The van der Waals surface area contributed by atoms with E-state index < -0.39 is 29.8 Å². The lowest BCUT2D eigenvalue weighted by atomic mass is 9.92. The van der Waals surface area contributed by atoms with Gasteiger partial charge in [-0.3, -0.25) is 4.79 Å². The molecule has 8 heteroatoms. The molecule has 4 atom stereocenters. The van der Waals surface area contributed by atoms with Gasteiger partial charge < -0.3 is 34.3 Å². The van der Waals surface area contributed by atoms with Gasteiger partial charge in [-0.2, -0.15) is 0 Å². The lowest BCUT2D eigenvalue weighted by Gasteiger charge is -2.36. The predicted octanol–water partition coefficient (Wildman–Crippen LogP) is 2.45. The number of ether oxygens (including phenoxy) is 2. The Morgan fingerprint density at radius 3 is 2.43 bits per heavy atom. The molecule has 1 fully saturated rings. The number of phenols is 2. The maximum Gasteiger partial charge on any atom is 0.197 e. The van der Waals surface area contributed by atoms with E-state index in [4.69, 9.17) is 13.9 Å². The number of phenolic OH excluding ortho intramolecular Hbond substituents is 2. The summed E-state index contributed by atoms with van der Waals surface area (Å²) < 4.78 is 17.3. The molecule has 4 N–H and O–H groups in total. The highest BCUT2D eigenvalue weighted by Gasteiger charge is 2.38. The number of hydrogen-bond acceptors (Lipinski definition) is 8. The van der Waals surface area contributed by atoms with Crippen molar-refractivity contribution >= 4 is 11.0 Å². The molecule has 1 aliphatic rings.